The lowest BCUT2D eigenvalue weighted by atomic mass is 10.2. The van der Waals surface area contributed by atoms with Crippen molar-refractivity contribution in [1.29, 1.82) is 0 Å². The molecule has 3 aromatic rings. The van der Waals surface area contributed by atoms with Gasteiger partial charge in [-0.05, 0) is 37.1 Å². The molecule has 1 atom stereocenters. The van der Waals surface area contributed by atoms with Crippen molar-refractivity contribution < 1.29 is 19.1 Å². The summed E-state index contributed by atoms with van der Waals surface area (Å²) in [7, 11) is 1.57. The van der Waals surface area contributed by atoms with Gasteiger partial charge in [0, 0.05) is 19.6 Å². The number of nitrogens with one attached hydrogen (secondary N) is 2. The summed E-state index contributed by atoms with van der Waals surface area (Å²) in [5, 5.41) is 5.82. The largest absolute Gasteiger partial charge is 0.495 e. The Morgan fingerprint density at radius 1 is 1.19 bits per heavy atom. The van der Waals surface area contributed by atoms with Gasteiger partial charge in [-0.25, -0.2) is 4.98 Å². The van der Waals surface area contributed by atoms with Gasteiger partial charge in [-0.1, -0.05) is 24.3 Å². The van der Waals surface area contributed by atoms with Crippen LogP contribution in [0.2, 0.25) is 0 Å². The highest BCUT2D eigenvalue weighted by Gasteiger charge is 2.23. The Kier molecular flexibility index (Phi) is 6.47. The highest BCUT2D eigenvalue weighted by atomic mass is 16.5. The fourth-order valence-electron chi connectivity index (χ4n) is 3.77. The monoisotopic (exact) mass is 422 g/mol. The third-order valence-corrected chi connectivity index (χ3v) is 5.29. The lowest BCUT2D eigenvalue weighted by Crippen LogP contribution is -2.35. The van der Waals surface area contributed by atoms with E-state index in [1.165, 1.54) is 0 Å². The molecule has 4 rings (SSSR count). The number of aromatic nitrogens is 2. The van der Waals surface area contributed by atoms with E-state index >= 15 is 0 Å². The minimum atomic E-state index is -0.356. The first-order valence-corrected chi connectivity index (χ1v) is 10.4. The summed E-state index contributed by atoms with van der Waals surface area (Å²) in [6, 6.07) is 15.0. The van der Waals surface area contributed by atoms with E-state index in [4.69, 9.17) is 9.47 Å². The van der Waals surface area contributed by atoms with Gasteiger partial charge in [-0.3, -0.25) is 9.59 Å². The predicted molar refractivity (Wildman–Crippen MR) is 117 cm³/mol. The Labute approximate surface area is 180 Å². The molecule has 1 saturated heterocycles. The first-order valence-electron chi connectivity index (χ1n) is 10.4. The van der Waals surface area contributed by atoms with Gasteiger partial charge >= 0.3 is 0 Å². The lowest BCUT2D eigenvalue weighted by Gasteiger charge is -2.13. The second-order valence-corrected chi connectivity index (χ2v) is 7.39. The van der Waals surface area contributed by atoms with Crippen LogP contribution in [0, 0.1) is 0 Å². The molecule has 2 heterocycles. The van der Waals surface area contributed by atoms with Crippen LogP contribution in [0.5, 0.6) is 5.75 Å². The maximum atomic E-state index is 12.8. The molecule has 1 fully saturated rings. The van der Waals surface area contributed by atoms with Gasteiger partial charge in [0.05, 0.1) is 23.8 Å². The molecule has 1 unspecified atom stereocenters. The number of imidazole rings is 1. The summed E-state index contributed by atoms with van der Waals surface area (Å²) in [4.78, 5) is 29.7. The van der Waals surface area contributed by atoms with Gasteiger partial charge in [0.15, 0.2) is 0 Å². The number of rotatable bonds is 8. The zero-order valence-electron chi connectivity index (χ0n) is 17.5. The van der Waals surface area contributed by atoms with Crippen LogP contribution >= 0.6 is 0 Å². The number of fused-ring (bicyclic) bond motifs is 1. The van der Waals surface area contributed by atoms with Crippen LogP contribution in [0.1, 0.15) is 18.7 Å². The minimum Gasteiger partial charge on any atom is -0.495 e. The van der Waals surface area contributed by atoms with Crippen molar-refractivity contribution in [2.75, 3.05) is 25.6 Å². The smallest absolute Gasteiger partial charge is 0.249 e. The zero-order valence-corrected chi connectivity index (χ0v) is 17.5. The standard InChI is InChI=1S/C23H26N4O4/c1-30-19-10-5-3-8-17(19)26-22(28)15-27-18-9-4-2-7-16(18)25-21(27)12-13-24-23(29)20-11-6-14-31-20/h2-5,7-10,20H,6,11-15H2,1H3,(H,24,29)(H,26,28). The molecule has 1 aliphatic heterocycles. The quantitative estimate of drug-likeness (QED) is 0.582. The van der Waals surface area contributed by atoms with E-state index in [0.717, 1.165) is 29.7 Å². The third-order valence-electron chi connectivity index (χ3n) is 5.29. The number of nitrogens with zero attached hydrogens (tertiary/aromatic N) is 2. The molecule has 0 radical (unpaired) electrons. The number of amides is 2. The maximum absolute atomic E-state index is 12.8. The minimum absolute atomic E-state index is 0.0888. The Bertz CT molecular complexity index is 1070. The number of ether oxygens (including phenoxy) is 2. The molecule has 1 aromatic heterocycles. The molecular formula is C23H26N4O4. The molecule has 2 N–H and O–H groups in total. The summed E-state index contributed by atoms with van der Waals surface area (Å²) < 4.78 is 12.6. The molecule has 8 heteroatoms. The molecule has 0 saturated carbocycles. The van der Waals surface area contributed by atoms with Crippen molar-refractivity contribution in [1.82, 2.24) is 14.9 Å². The number of carbonyl (C=O) groups is 2. The topological polar surface area (TPSA) is 94.5 Å². The second-order valence-electron chi connectivity index (χ2n) is 7.39. The fourth-order valence-corrected chi connectivity index (χ4v) is 3.77. The van der Waals surface area contributed by atoms with E-state index in [1.807, 2.05) is 41.0 Å². The van der Waals surface area contributed by atoms with E-state index in [2.05, 4.69) is 15.6 Å². The molecule has 31 heavy (non-hydrogen) atoms. The zero-order chi connectivity index (χ0) is 21.6. The Morgan fingerprint density at radius 2 is 2.00 bits per heavy atom. The van der Waals surface area contributed by atoms with E-state index < -0.39 is 0 Å². The highest BCUT2D eigenvalue weighted by molar-refractivity contribution is 5.93. The Morgan fingerprint density at radius 3 is 2.81 bits per heavy atom. The van der Waals surface area contributed by atoms with Crippen molar-refractivity contribution in [2.24, 2.45) is 0 Å². The fraction of sp³-hybridized carbons (Fsp3) is 0.348. The number of para-hydroxylation sites is 4. The van der Waals surface area contributed by atoms with Crippen LogP contribution in [0.3, 0.4) is 0 Å². The van der Waals surface area contributed by atoms with Gasteiger partial charge in [0.2, 0.25) is 11.8 Å². The van der Waals surface area contributed by atoms with Gasteiger partial charge in [-0.15, -0.1) is 0 Å². The van der Waals surface area contributed by atoms with Crippen LogP contribution in [0.25, 0.3) is 11.0 Å². The summed E-state index contributed by atoms with van der Waals surface area (Å²) >= 11 is 0. The first kappa shape index (κ1) is 20.9. The number of benzene rings is 2. The highest BCUT2D eigenvalue weighted by Crippen LogP contribution is 2.23. The summed E-state index contributed by atoms with van der Waals surface area (Å²) in [5.41, 5.74) is 2.30. The van der Waals surface area contributed by atoms with Crippen LogP contribution in [0.4, 0.5) is 5.69 Å². The number of hydrogen-bond acceptors (Lipinski definition) is 5. The van der Waals surface area contributed by atoms with Crippen molar-refractivity contribution >= 4 is 28.5 Å². The molecule has 162 valence electrons. The van der Waals surface area contributed by atoms with Crippen LogP contribution < -0.4 is 15.4 Å². The van der Waals surface area contributed by atoms with E-state index in [9.17, 15) is 9.59 Å². The number of methoxy groups -OCH3 is 1. The second kappa shape index (κ2) is 9.61. The summed E-state index contributed by atoms with van der Waals surface area (Å²) in [6.07, 6.45) is 1.82. The molecule has 1 aliphatic rings. The normalized spacial score (nSPS) is 15.7. The SMILES string of the molecule is COc1ccccc1NC(=O)Cn1c(CCNC(=O)C2CCCO2)nc2ccccc21. The van der Waals surface area contributed by atoms with Crippen LogP contribution in [-0.2, 0) is 27.3 Å². The number of anilines is 1. The predicted octanol–water partition coefficient (Wildman–Crippen LogP) is 2.52. The first-order chi connectivity index (χ1) is 15.2. The van der Waals surface area contributed by atoms with E-state index in [0.29, 0.717) is 31.0 Å². The van der Waals surface area contributed by atoms with Crippen molar-refractivity contribution in [3.8, 4) is 5.75 Å². The molecule has 0 bridgehead atoms. The van der Waals surface area contributed by atoms with Crippen LogP contribution in [0.15, 0.2) is 48.5 Å². The molecule has 2 amide bonds. The molecule has 2 aromatic carbocycles. The van der Waals surface area contributed by atoms with E-state index in [1.54, 1.807) is 19.2 Å². The maximum Gasteiger partial charge on any atom is 0.249 e. The summed E-state index contributed by atoms with van der Waals surface area (Å²) in [5.74, 6) is 1.07. The molecule has 0 spiro atoms. The van der Waals surface area contributed by atoms with Crippen LogP contribution in [-0.4, -0.2) is 47.7 Å². The Balaban J connectivity index is 1.47. The van der Waals surface area contributed by atoms with Gasteiger partial charge in [0.1, 0.15) is 24.2 Å². The van der Waals surface area contributed by atoms with Gasteiger partial charge in [0.25, 0.3) is 0 Å². The molecular weight excluding hydrogens is 396 g/mol. The molecule has 8 nitrogen and oxygen atoms in total. The average Bonchev–Trinajstić information content (AvgIpc) is 3.43. The van der Waals surface area contributed by atoms with Gasteiger partial charge < -0.3 is 24.7 Å². The third kappa shape index (κ3) is 4.86. The van der Waals surface area contributed by atoms with E-state index in [-0.39, 0.29) is 24.5 Å². The van der Waals surface area contributed by atoms with Gasteiger partial charge in [-0.2, -0.15) is 0 Å². The summed E-state index contributed by atoms with van der Waals surface area (Å²) in [6.45, 7) is 1.17. The van der Waals surface area contributed by atoms with Crippen molar-refractivity contribution in [3.05, 3.63) is 54.4 Å². The molecule has 0 aliphatic carbocycles. The number of carbonyl (C=O) groups excluding carboxylic acids is 2. The number of hydrogen-bond donors (Lipinski definition) is 2. The van der Waals surface area contributed by atoms with Crippen molar-refractivity contribution in [2.45, 2.75) is 31.9 Å². The average molecular weight is 422 g/mol. The lowest BCUT2D eigenvalue weighted by molar-refractivity contribution is -0.130. The van der Waals surface area contributed by atoms with Crippen molar-refractivity contribution in [3.63, 3.8) is 0 Å². The Hall–Kier alpha value is -3.39.